The summed E-state index contributed by atoms with van der Waals surface area (Å²) in [4.78, 5) is 4.36. The second-order valence-corrected chi connectivity index (χ2v) is 4.49. The lowest BCUT2D eigenvalue weighted by molar-refractivity contribution is 0.415. The van der Waals surface area contributed by atoms with Gasteiger partial charge in [-0.2, -0.15) is 0 Å². The molecule has 2 aromatic carbocycles. The minimum atomic E-state index is 0.747. The molecular weight excluding hydrogens is 250 g/mol. The monoisotopic (exact) mass is 265 g/mol. The van der Waals surface area contributed by atoms with Crippen LogP contribution in [0.15, 0.2) is 54.7 Å². The molecule has 0 aliphatic rings. The SMILES string of the molecule is COc1ccc2nccc(Nc3ccc(N)cc3)c2c1. The van der Waals surface area contributed by atoms with Crippen molar-refractivity contribution in [2.75, 3.05) is 18.2 Å². The molecule has 1 aromatic heterocycles. The number of nitrogen functional groups attached to an aromatic ring is 1. The maximum absolute atomic E-state index is 5.69. The average molecular weight is 265 g/mol. The molecule has 3 N–H and O–H groups in total. The number of nitrogens with zero attached hydrogens (tertiary/aromatic N) is 1. The molecule has 0 saturated heterocycles. The summed E-state index contributed by atoms with van der Waals surface area (Å²) in [5.74, 6) is 0.811. The Hall–Kier alpha value is -2.75. The number of nitrogens with two attached hydrogens (primary N) is 1. The van der Waals surface area contributed by atoms with Crippen molar-refractivity contribution < 1.29 is 4.74 Å². The fraction of sp³-hybridized carbons (Fsp3) is 0.0625. The first-order valence-corrected chi connectivity index (χ1v) is 6.31. The molecule has 0 saturated carbocycles. The van der Waals surface area contributed by atoms with Gasteiger partial charge in [-0.25, -0.2) is 0 Å². The van der Waals surface area contributed by atoms with Crippen molar-refractivity contribution in [1.29, 1.82) is 0 Å². The first kappa shape index (κ1) is 12.3. The highest BCUT2D eigenvalue weighted by molar-refractivity contribution is 5.93. The van der Waals surface area contributed by atoms with Gasteiger partial charge in [0.15, 0.2) is 0 Å². The third kappa shape index (κ3) is 2.36. The van der Waals surface area contributed by atoms with E-state index in [9.17, 15) is 0 Å². The molecule has 0 aliphatic heterocycles. The van der Waals surface area contributed by atoms with Crippen LogP contribution in [0.1, 0.15) is 0 Å². The standard InChI is InChI=1S/C16H15N3O/c1-20-13-6-7-15-14(10-13)16(8-9-18-15)19-12-4-2-11(17)3-5-12/h2-10H,17H2,1H3,(H,18,19). The molecule has 3 aromatic rings. The first-order chi connectivity index (χ1) is 9.76. The number of hydrogen-bond donors (Lipinski definition) is 2. The number of rotatable bonds is 3. The fourth-order valence-electron chi connectivity index (χ4n) is 2.08. The number of fused-ring (bicyclic) bond motifs is 1. The Labute approximate surface area is 117 Å². The molecule has 4 nitrogen and oxygen atoms in total. The van der Waals surface area contributed by atoms with Gasteiger partial charge in [0.2, 0.25) is 0 Å². The van der Waals surface area contributed by atoms with E-state index in [4.69, 9.17) is 10.5 Å². The van der Waals surface area contributed by atoms with Crippen LogP contribution in [0.5, 0.6) is 5.75 Å². The molecule has 100 valence electrons. The quantitative estimate of drug-likeness (QED) is 0.711. The number of ether oxygens (including phenoxy) is 1. The number of hydrogen-bond acceptors (Lipinski definition) is 4. The molecule has 3 rings (SSSR count). The molecule has 1 heterocycles. The number of benzene rings is 2. The molecule has 0 unspecified atom stereocenters. The van der Waals surface area contributed by atoms with Gasteiger partial charge >= 0.3 is 0 Å². The number of aromatic nitrogens is 1. The predicted octanol–water partition coefficient (Wildman–Crippen LogP) is 3.57. The predicted molar refractivity (Wildman–Crippen MR) is 82.4 cm³/mol. The van der Waals surface area contributed by atoms with E-state index in [1.54, 1.807) is 13.3 Å². The van der Waals surface area contributed by atoms with Gasteiger partial charge in [-0.05, 0) is 48.5 Å². The van der Waals surface area contributed by atoms with E-state index in [1.165, 1.54) is 0 Å². The van der Waals surface area contributed by atoms with E-state index < -0.39 is 0 Å². The Morgan fingerprint density at radius 2 is 1.85 bits per heavy atom. The van der Waals surface area contributed by atoms with E-state index in [1.807, 2.05) is 48.5 Å². The average Bonchev–Trinajstić information content (AvgIpc) is 2.49. The van der Waals surface area contributed by atoms with E-state index in [0.717, 1.165) is 33.7 Å². The summed E-state index contributed by atoms with van der Waals surface area (Å²) in [5.41, 5.74) is 9.33. The van der Waals surface area contributed by atoms with Gasteiger partial charge in [-0.15, -0.1) is 0 Å². The summed E-state index contributed by atoms with van der Waals surface area (Å²) in [7, 11) is 1.66. The van der Waals surface area contributed by atoms with Crippen LogP contribution in [-0.4, -0.2) is 12.1 Å². The van der Waals surface area contributed by atoms with Crippen molar-refractivity contribution in [3.05, 3.63) is 54.7 Å². The van der Waals surface area contributed by atoms with Gasteiger partial charge < -0.3 is 15.8 Å². The normalized spacial score (nSPS) is 10.4. The highest BCUT2D eigenvalue weighted by atomic mass is 16.5. The van der Waals surface area contributed by atoms with Crippen LogP contribution >= 0.6 is 0 Å². The minimum absolute atomic E-state index is 0.747. The van der Waals surface area contributed by atoms with Gasteiger partial charge in [-0.1, -0.05) is 0 Å². The molecule has 4 heteroatoms. The Kier molecular flexibility index (Phi) is 3.13. The third-order valence-electron chi connectivity index (χ3n) is 3.14. The van der Waals surface area contributed by atoms with Crippen molar-refractivity contribution in [3.63, 3.8) is 0 Å². The van der Waals surface area contributed by atoms with Crippen LogP contribution in [0.4, 0.5) is 17.1 Å². The summed E-state index contributed by atoms with van der Waals surface area (Å²) in [6, 6.07) is 15.4. The zero-order valence-electron chi connectivity index (χ0n) is 11.1. The summed E-state index contributed by atoms with van der Waals surface area (Å²) in [6.45, 7) is 0. The van der Waals surface area contributed by atoms with Crippen LogP contribution in [-0.2, 0) is 0 Å². The first-order valence-electron chi connectivity index (χ1n) is 6.31. The second kappa shape index (κ2) is 5.09. The number of nitrogens with one attached hydrogen (secondary N) is 1. The summed E-state index contributed by atoms with van der Waals surface area (Å²) >= 11 is 0. The van der Waals surface area contributed by atoms with Crippen molar-refractivity contribution in [1.82, 2.24) is 4.98 Å². The molecule has 0 atom stereocenters. The lowest BCUT2D eigenvalue weighted by atomic mass is 10.1. The minimum Gasteiger partial charge on any atom is -0.497 e. The fourth-order valence-corrected chi connectivity index (χ4v) is 2.08. The molecule has 0 amide bonds. The van der Waals surface area contributed by atoms with Gasteiger partial charge in [0.05, 0.1) is 12.6 Å². The number of pyridine rings is 1. The van der Waals surface area contributed by atoms with E-state index in [-0.39, 0.29) is 0 Å². The zero-order valence-corrected chi connectivity index (χ0v) is 11.1. The van der Waals surface area contributed by atoms with Crippen LogP contribution in [0.2, 0.25) is 0 Å². The second-order valence-electron chi connectivity index (χ2n) is 4.49. The van der Waals surface area contributed by atoms with E-state index >= 15 is 0 Å². The van der Waals surface area contributed by atoms with Crippen LogP contribution < -0.4 is 15.8 Å². The Bertz CT molecular complexity index is 738. The van der Waals surface area contributed by atoms with E-state index in [2.05, 4.69) is 10.3 Å². The summed E-state index contributed by atoms with van der Waals surface area (Å²) in [5, 5.41) is 4.39. The summed E-state index contributed by atoms with van der Waals surface area (Å²) < 4.78 is 5.27. The van der Waals surface area contributed by atoms with Gasteiger partial charge in [-0.3, -0.25) is 4.98 Å². The van der Waals surface area contributed by atoms with E-state index in [0.29, 0.717) is 0 Å². The van der Waals surface area contributed by atoms with Crippen molar-refractivity contribution in [2.45, 2.75) is 0 Å². The van der Waals surface area contributed by atoms with Gasteiger partial charge in [0, 0.05) is 28.6 Å². The number of anilines is 3. The molecule has 0 fully saturated rings. The molecule has 0 aliphatic carbocycles. The van der Waals surface area contributed by atoms with Crippen molar-refractivity contribution in [3.8, 4) is 5.75 Å². The lowest BCUT2D eigenvalue weighted by Crippen LogP contribution is -1.94. The van der Waals surface area contributed by atoms with Gasteiger partial charge in [0.1, 0.15) is 5.75 Å². The lowest BCUT2D eigenvalue weighted by Gasteiger charge is -2.10. The maximum Gasteiger partial charge on any atom is 0.119 e. The van der Waals surface area contributed by atoms with Crippen LogP contribution in [0, 0.1) is 0 Å². The zero-order chi connectivity index (χ0) is 13.9. The van der Waals surface area contributed by atoms with Crippen LogP contribution in [0.3, 0.4) is 0 Å². The Balaban J connectivity index is 2.04. The topological polar surface area (TPSA) is 60.2 Å². The Morgan fingerprint density at radius 3 is 2.60 bits per heavy atom. The summed E-state index contributed by atoms with van der Waals surface area (Å²) in [6.07, 6.45) is 1.79. The third-order valence-corrected chi connectivity index (χ3v) is 3.14. The molecule has 0 spiro atoms. The largest absolute Gasteiger partial charge is 0.497 e. The number of methoxy groups -OCH3 is 1. The van der Waals surface area contributed by atoms with Crippen molar-refractivity contribution in [2.24, 2.45) is 0 Å². The van der Waals surface area contributed by atoms with Crippen molar-refractivity contribution >= 4 is 28.0 Å². The van der Waals surface area contributed by atoms with Gasteiger partial charge in [0.25, 0.3) is 0 Å². The molecule has 0 radical (unpaired) electrons. The highest BCUT2D eigenvalue weighted by Crippen LogP contribution is 2.28. The highest BCUT2D eigenvalue weighted by Gasteiger charge is 2.04. The smallest absolute Gasteiger partial charge is 0.119 e. The molecule has 0 bridgehead atoms. The molecular formula is C16H15N3O. The molecule has 20 heavy (non-hydrogen) atoms. The Morgan fingerprint density at radius 1 is 1.05 bits per heavy atom. The maximum atomic E-state index is 5.69. The van der Waals surface area contributed by atoms with Crippen LogP contribution in [0.25, 0.3) is 10.9 Å².